The van der Waals surface area contributed by atoms with Crippen LogP contribution in [0, 0.1) is 0 Å². The third kappa shape index (κ3) is 2.80. The summed E-state index contributed by atoms with van der Waals surface area (Å²) in [6.45, 7) is 0. The monoisotopic (exact) mass is 164 g/mol. The van der Waals surface area contributed by atoms with Crippen molar-refractivity contribution in [2.45, 2.75) is 18.9 Å². The van der Waals surface area contributed by atoms with Crippen LogP contribution in [0.1, 0.15) is 12.1 Å². The average Bonchev–Trinajstić information content (AvgIpc) is 2.16. The number of aldehydes is 1. The highest BCUT2D eigenvalue weighted by molar-refractivity contribution is 5.56. The summed E-state index contributed by atoms with van der Waals surface area (Å²) in [5.74, 6) is 0. The molecule has 1 aromatic heterocycles. The van der Waals surface area contributed by atoms with Crippen molar-refractivity contribution in [3.05, 3.63) is 30.1 Å². The van der Waals surface area contributed by atoms with E-state index in [4.69, 9.17) is 5.73 Å². The summed E-state index contributed by atoms with van der Waals surface area (Å²) in [5.41, 5.74) is 6.41. The van der Waals surface area contributed by atoms with Gasteiger partial charge in [0.2, 0.25) is 0 Å². The van der Waals surface area contributed by atoms with E-state index in [-0.39, 0.29) is 6.04 Å². The summed E-state index contributed by atoms with van der Waals surface area (Å²) in [7, 11) is 0. The molecule has 1 aromatic rings. The molecule has 0 radical (unpaired) electrons. The molecule has 12 heavy (non-hydrogen) atoms. The number of rotatable bonds is 4. The Balaban J connectivity index is 2.38. The highest BCUT2D eigenvalue weighted by atomic mass is 16.1. The Hall–Kier alpha value is -1.22. The Morgan fingerprint density at radius 3 is 3.00 bits per heavy atom. The molecule has 3 heteroatoms. The molecule has 0 amide bonds. The molecule has 0 spiro atoms. The molecule has 1 heterocycles. The summed E-state index contributed by atoms with van der Waals surface area (Å²) in [6.07, 6.45) is 3.94. The van der Waals surface area contributed by atoms with Crippen molar-refractivity contribution < 1.29 is 4.79 Å². The molecule has 0 bridgehead atoms. The van der Waals surface area contributed by atoms with Gasteiger partial charge in [0.05, 0.1) is 6.04 Å². The van der Waals surface area contributed by atoms with Crippen molar-refractivity contribution in [2.75, 3.05) is 0 Å². The molecule has 0 fully saturated rings. The van der Waals surface area contributed by atoms with Gasteiger partial charge in [0.25, 0.3) is 0 Å². The lowest BCUT2D eigenvalue weighted by molar-refractivity contribution is -0.109. The van der Waals surface area contributed by atoms with E-state index in [0.29, 0.717) is 6.42 Å². The van der Waals surface area contributed by atoms with Crippen LogP contribution in [-0.4, -0.2) is 17.3 Å². The van der Waals surface area contributed by atoms with Crippen molar-refractivity contribution in [1.29, 1.82) is 0 Å². The number of aryl methyl sites for hydroxylation is 1. The number of nitrogens with two attached hydrogens (primary N) is 1. The molecular weight excluding hydrogens is 152 g/mol. The standard InChI is InChI=1S/C9H12N2O/c10-8(7-12)4-5-9-3-1-2-6-11-9/h1-3,6-8H,4-5,10H2. The van der Waals surface area contributed by atoms with Gasteiger partial charge in [-0.25, -0.2) is 0 Å². The van der Waals surface area contributed by atoms with Crippen LogP contribution >= 0.6 is 0 Å². The molecule has 1 rings (SSSR count). The second-order valence-corrected chi connectivity index (χ2v) is 2.66. The summed E-state index contributed by atoms with van der Waals surface area (Å²) >= 11 is 0. The van der Waals surface area contributed by atoms with Gasteiger partial charge >= 0.3 is 0 Å². The molecule has 0 aliphatic carbocycles. The molecule has 64 valence electrons. The molecule has 1 unspecified atom stereocenters. The van der Waals surface area contributed by atoms with E-state index in [1.807, 2.05) is 18.2 Å². The molecule has 0 aromatic carbocycles. The molecular formula is C9H12N2O. The Morgan fingerprint density at radius 2 is 2.42 bits per heavy atom. The number of aromatic nitrogens is 1. The number of pyridine rings is 1. The zero-order valence-electron chi connectivity index (χ0n) is 6.81. The fourth-order valence-electron chi connectivity index (χ4n) is 0.929. The first kappa shape index (κ1) is 8.87. The molecule has 0 aliphatic rings. The normalized spacial score (nSPS) is 12.4. The van der Waals surface area contributed by atoms with Crippen LogP contribution in [0.3, 0.4) is 0 Å². The molecule has 3 nitrogen and oxygen atoms in total. The lowest BCUT2D eigenvalue weighted by atomic mass is 10.1. The van der Waals surface area contributed by atoms with Crippen LogP contribution in [-0.2, 0) is 11.2 Å². The Kier molecular flexibility index (Phi) is 3.41. The molecule has 0 saturated heterocycles. The van der Waals surface area contributed by atoms with Gasteiger partial charge in [-0.2, -0.15) is 0 Å². The van der Waals surface area contributed by atoms with Crippen LogP contribution < -0.4 is 5.73 Å². The maximum Gasteiger partial charge on any atom is 0.136 e. The van der Waals surface area contributed by atoms with E-state index in [0.717, 1.165) is 18.4 Å². The second kappa shape index (κ2) is 4.62. The topological polar surface area (TPSA) is 56.0 Å². The van der Waals surface area contributed by atoms with Crippen LogP contribution in [0.4, 0.5) is 0 Å². The van der Waals surface area contributed by atoms with E-state index in [1.165, 1.54) is 0 Å². The smallest absolute Gasteiger partial charge is 0.136 e. The fraction of sp³-hybridized carbons (Fsp3) is 0.333. The summed E-state index contributed by atoms with van der Waals surface area (Å²) in [4.78, 5) is 14.3. The Labute approximate surface area is 71.6 Å². The first-order chi connectivity index (χ1) is 5.83. The Morgan fingerprint density at radius 1 is 1.58 bits per heavy atom. The summed E-state index contributed by atoms with van der Waals surface area (Å²) < 4.78 is 0. The zero-order chi connectivity index (χ0) is 8.81. The predicted molar refractivity (Wildman–Crippen MR) is 46.6 cm³/mol. The SMILES string of the molecule is NC(C=O)CCc1ccccn1. The number of nitrogens with zero attached hydrogens (tertiary/aromatic N) is 1. The molecule has 2 N–H and O–H groups in total. The van der Waals surface area contributed by atoms with Gasteiger partial charge < -0.3 is 10.5 Å². The van der Waals surface area contributed by atoms with Crippen molar-refractivity contribution >= 4 is 6.29 Å². The van der Waals surface area contributed by atoms with Crippen LogP contribution in [0.15, 0.2) is 24.4 Å². The first-order valence-electron chi connectivity index (χ1n) is 3.93. The summed E-state index contributed by atoms with van der Waals surface area (Å²) in [6, 6.07) is 5.36. The second-order valence-electron chi connectivity index (χ2n) is 2.66. The molecule has 0 aliphatic heterocycles. The number of carbonyl (C=O) groups is 1. The predicted octanol–water partition coefficient (Wildman–Crippen LogP) is 0.540. The van der Waals surface area contributed by atoms with Gasteiger partial charge in [-0.3, -0.25) is 4.98 Å². The van der Waals surface area contributed by atoms with Gasteiger partial charge in [-0.1, -0.05) is 6.07 Å². The van der Waals surface area contributed by atoms with Crippen LogP contribution in [0.25, 0.3) is 0 Å². The third-order valence-electron chi connectivity index (χ3n) is 1.63. The van der Waals surface area contributed by atoms with E-state index in [1.54, 1.807) is 6.20 Å². The maximum absolute atomic E-state index is 10.2. The highest BCUT2D eigenvalue weighted by Gasteiger charge is 2.00. The summed E-state index contributed by atoms with van der Waals surface area (Å²) in [5, 5.41) is 0. The maximum atomic E-state index is 10.2. The average molecular weight is 164 g/mol. The van der Waals surface area contributed by atoms with Crippen molar-refractivity contribution in [3.8, 4) is 0 Å². The largest absolute Gasteiger partial charge is 0.322 e. The third-order valence-corrected chi connectivity index (χ3v) is 1.63. The van der Waals surface area contributed by atoms with Crippen molar-refractivity contribution in [3.63, 3.8) is 0 Å². The van der Waals surface area contributed by atoms with Gasteiger partial charge in [-0.15, -0.1) is 0 Å². The van der Waals surface area contributed by atoms with Gasteiger partial charge in [0.1, 0.15) is 6.29 Å². The van der Waals surface area contributed by atoms with E-state index >= 15 is 0 Å². The highest BCUT2D eigenvalue weighted by Crippen LogP contribution is 1.98. The molecule has 0 saturated carbocycles. The minimum Gasteiger partial charge on any atom is -0.322 e. The first-order valence-corrected chi connectivity index (χ1v) is 3.93. The minimum absolute atomic E-state index is 0.355. The van der Waals surface area contributed by atoms with Crippen molar-refractivity contribution in [1.82, 2.24) is 4.98 Å². The van der Waals surface area contributed by atoms with Gasteiger partial charge in [-0.05, 0) is 25.0 Å². The molecule has 1 atom stereocenters. The van der Waals surface area contributed by atoms with Gasteiger partial charge in [0, 0.05) is 11.9 Å². The van der Waals surface area contributed by atoms with Crippen LogP contribution in [0.5, 0.6) is 0 Å². The van der Waals surface area contributed by atoms with Crippen LogP contribution in [0.2, 0.25) is 0 Å². The number of hydrogen-bond acceptors (Lipinski definition) is 3. The van der Waals surface area contributed by atoms with E-state index < -0.39 is 0 Å². The number of hydrogen-bond donors (Lipinski definition) is 1. The lowest BCUT2D eigenvalue weighted by Gasteiger charge is -2.01. The van der Waals surface area contributed by atoms with Gasteiger partial charge in [0.15, 0.2) is 0 Å². The van der Waals surface area contributed by atoms with E-state index in [9.17, 15) is 4.79 Å². The van der Waals surface area contributed by atoms with E-state index in [2.05, 4.69) is 4.98 Å². The zero-order valence-corrected chi connectivity index (χ0v) is 6.81. The van der Waals surface area contributed by atoms with Crippen molar-refractivity contribution in [2.24, 2.45) is 5.73 Å². The quantitative estimate of drug-likeness (QED) is 0.661. The number of carbonyl (C=O) groups excluding carboxylic acids is 1. The Bertz CT molecular complexity index is 236. The lowest BCUT2D eigenvalue weighted by Crippen LogP contribution is -2.22. The minimum atomic E-state index is -0.355. The fourth-order valence-corrected chi connectivity index (χ4v) is 0.929.